The minimum atomic E-state index is -0.358. The number of nitrogens with zero attached hydrogens (tertiary/aromatic N) is 1. The van der Waals surface area contributed by atoms with E-state index in [4.69, 9.17) is 11.6 Å². The van der Waals surface area contributed by atoms with Crippen molar-refractivity contribution in [2.24, 2.45) is 0 Å². The molecule has 0 aliphatic carbocycles. The molecule has 1 aromatic rings. The van der Waals surface area contributed by atoms with Gasteiger partial charge in [-0.3, -0.25) is 10.1 Å². The fourth-order valence-corrected chi connectivity index (χ4v) is 3.68. The van der Waals surface area contributed by atoms with Crippen LogP contribution in [0.5, 0.6) is 0 Å². The number of halogens is 1. The van der Waals surface area contributed by atoms with Gasteiger partial charge in [-0.2, -0.15) is 11.8 Å². The van der Waals surface area contributed by atoms with Crippen LogP contribution in [0, 0.1) is 10.1 Å². The first-order chi connectivity index (χ1) is 9.16. The summed E-state index contributed by atoms with van der Waals surface area (Å²) in [5.74, 6) is 1.23. The minimum Gasteiger partial charge on any atom is -0.311 e. The van der Waals surface area contributed by atoms with E-state index in [1.165, 1.54) is 31.1 Å². The number of nitrogens with one attached hydrogen (secondary N) is 1. The Morgan fingerprint density at radius 3 is 3.00 bits per heavy atom. The molecular weight excluding hydrogens is 284 g/mol. The van der Waals surface area contributed by atoms with Gasteiger partial charge in [-0.25, -0.2) is 0 Å². The average Bonchev–Trinajstić information content (AvgIpc) is 2.39. The average molecular weight is 301 g/mol. The number of hydrogen-bond acceptors (Lipinski definition) is 4. The summed E-state index contributed by atoms with van der Waals surface area (Å²) in [4.78, 5) is 10.6. The maximum atomic E-state index is 10.9. The van der Waals surface area contributed by atoms with Crippen molar-refractivity contribution in [1.29, 1.82) is 0 Å². The molecule has 0 aromatic heterocycles. The molecular formula is C13H17ClN2O2S. The lowest BCUT2D eigenvalue weighted by atomic mass is 10.1. The lowest BCUT2D eigenvalue weighted by Crippen LogP contribution is -2.26. The standard InChI is InChI=1S/C13H17ClN2O2S/c14-11-4-5-13(16(17)18)10(7-11)8-15-9-12-3-1-2-6-19-12/h4-5,7,12,15H,1-3,6,8-9H2. The first-order valence-corrected chi connectivity index (χ1v) is 7.84. The maximum absolute atomic E-state index is 10.9. The summed E-state index contributed by atoms with van der Waals surface area (Å²) >= 11 is 7.88. The topological polar surface area (TPSA) is 55.2 Å². The lowest BCUT2D eigenvalue weighted by molar-refractivity contribution is -0.385. The summed E-state index contributed by atoms with van der Waals surface area (Å²) in [5.41, 5.74) is 0.784. The number of rotatable bonds is 5. The first kappa shape index (κ1) is 14.6. The van der Waals surface area contributed by atoms with Gasteiger partial charge in [-0.1, -0.05) is 18.0 Å². The zero-order valence-corrected chi connectivity index (χ0v) is 12.2. The fraction of sp³-hybridized carbons (Fsp3) is 0.538. The molecule has 1 heterocycles. The summed E-state index contributed by atoms with van der Waals surface area (Å²) in [7, 11) is 0. The molecule has 1 saturated heterocycles. The van der Waals surface area contributed by atoms with Crippen molar-refractivity contribution in [2.45, 2.75) is 31.1 Å². The van der Waals surface area contributed by atoms with E-state index in [2.05, 4.69) is 5.32 Å². The Balaban J connectivity index is 1.91. The SMILES string of the molecule is O=[N+]([O-])c1ccc(Cl)cc1CNCC1CCCCS1. The predicted octanol–water partition coefficient (Wildman–Crippen LogP) is 3.62. The van der Waals surface area contributed by atoms with Crippen molar-refractivity contribution < 1.29 is 4.92 Å². The predicted molar refractivity (Wildman–Crippen MR) is 79.9 cm³/mol. The number of thioether (sulfide) groups is 1. The van der Waals surface area contributed by atoms with Gasteiger partial charge in [0.15, 0.2) is 0 Å². The molecule has 0 radical (unpaired) electrons. The van der Waals surface area contributed by atoms with Gasteiger partial charge in [0, 0.05) is 35.0 Å². The van der Waals surface area contributed by atoms with Crippen molar-refractivity contribution in [2.75, 3.05) is 12.3 Å². The Kier molecular flexibility index (Phi) is 5.48. The van der Waals surface area contributed by atoms with Gasteiger partial charge in [0.2, 0.25) is 0 Å². The third-order valence-electron chi connectivity index (χ3n) is 3.20. The molecule has 0 bridgehead atoms. The van der Waals surface area contributed by atoms with Crippen LogP contribution in [0.2, 0.25) is 5.02 Å². The second kappa shape index (κ2) is 7.12. The quantitative estimate of drug-likeness (QED) is 0.666. The van der Waals surface area contributed by atoms with Crippen LogP contribution >= 0.6 is 23.4 Å². The largest absolute Gasteiger partial charge is 0.311 e. The molecule has 1 unspecified atom stereocenters. The molecule has 19 heavy (non-hydrogen) atoms. The molecule has 0 spiro atoms. The van der Waals surface area contributed by atoms with Crippen LogP contribution in [0.25, 0.3) is 0 Å². The Labute approximate surface area is 122 Å². The third-order valence-corrected chi connectivity index (χ3v) is 4.83. The minimum absolute atomic E-state index is 0.133. The molecule has 1 atom stereocenters. The highest BCUT2D eigenvalue weighted by atomic mass is 35.5. The lowest BCUT2D eigenvalue weighted by Gasteiger charge is -2.21. The molecule has 1 aliphatic rings. The van der Waals surface area contributed by atoms with Crippen LogP contribution in [0.1, 0.15) is 24.8 Å². The van der Waals surface area contributed by atoms with Gasteiger partial charge in [-0.05, 0) is 30.7 Å². The Hall–Kier alpha value is -0.780. The molecule has 0 saturated carbocycles. The van der Waals surface area contributed by atoms with Crippen LogP contribution < -0.4 is 5.32 Å². The third kappa shape index (κ3) is 4.37. The molecule has 104 valence electrons. The Morgan fingerprint density at radius 1 is 1.47 bits per heavy atom. The Bertz CT molecular complexity index is 450. The zero-order valence-electron chi connectivity index (χ0n) is 10.6. The number of hydrogen-bond donors (Lipinski definition) is 1. The molecule has 2 rings (SSSR count). The van der Waals surface area contributed by atoms with E-state index < -0.39 is 0 Å². The molecule has 6 heteroatoms. The van der Waals surface area contributed by atoms with Crippen molar-refractivity contribution in [3.8, 4) is 0 Å². The summed E-state index contributed by atoms with van der Waals surface area (Å²) in [6, 6.07) is 4.69. The van der Waals surface area contributed by atoms with Crippen molar-refractivity contribution in [3.63, 3.8) is 0 Å². The molecule has 1 N–H and O–H groups in total. The van der Waals surface area contributed by atoms with Gasteiger partial charge in [0.05, 0.1) is 4.92 Å². The highest BCUT2D eigenvalue weighted by Gasteiger charge is 2.16. The van der Waals surface area contributed by atoms with Crippen LogP contribution in [-0.4, -0.2) is 22.5 Å². The van der Waals surface area contributed by atoms with Gasteiger partial charge < -0.3 is 5.32 Å². The Morgan fingerprint density at radius 2 is 2.32 bits per heavy atom. The van der Waals surface area contributed by atoms with E-state index in [0.29, 0.717) is 22.4 Å². The monoisotopic (exact) mass is 300 g/mol. The molecule has 4 nitrogen and oxygen atoms in total. The van der Waals surface area contributed by atoms with Gasteiger partial charge in [-0.15, -0.1) is 0 Å². The second-order valence-electron chi connectivity index (χ2n) is 4.65. The van der Waals surface area contributed by atoms with Crippen LogP contribution in [0.15, 0.2) is 18.2 Å². The maximum Gasteiger partial charge on any atom is 0.273 e. The highest BCUT2D eigenvalue weighted by molar-refractivity contribution is 7.99. The van der Waals surface area contributed by atoms with Crippen molar-refractivity contribution in [1.82, 2.24) is 5.32 Å². The molecule has 1 aromatic carbocycles. The van der Waals surface area contributed by atoms with Gasteiger partial charge in [0.25, 0.3) is 5.69 Å². The molecule has 0 amide bonds. The summed E-state index contributed by atoms with van der Waals surface area (Å²) in [6.45, 7) is 1.39. The van der Waals surface area contributed by atoms with Gasteiger partial charge >= 0.3 is 0 Å². The van der Waals surface area contributed by atoms with Crippen LogP contribution in [-0.2, 0) is 6.54 Å². The summed E-state index contributed by atoms with van der Waals surface area (Å²) in [6.07, 6.45) is 3.83. The van der Waals surface area contributed by atoms with Gasteiger partial charge in [0.1, 0.15) is 0 Å². The van der Waals surface area contributed by atoms with Crippen LogP contribution in [0.3, 0.4) is 0 Å². The van der Waals surface area contributed by atoms with Crippen molar-refractivity contribution >= 4 is 29.1 Å². The van der Waals surface area contributed by atoms with Crippen molar-refractivity contribution in [3.05, 3.63) is 38.9 Å². The van der Waals surface area contributed by atoms with E-state index >= 15 is 0 Å². The summed E-state index contributed by atoms with van der Waals surface area (Å²) in [5, 5.41) is 15.4. The number of nitro benzene ring substituents is 1. The molecule has 1 fully saturated rings. The van der Waals surface area contributed by atoms with E-state index in [1.807, 2.05) is 11.8 Å². The summed E-state index contributed by atoms with van der Waals surface area (Å²) < 4.78 is 0. The number of nitro groups is 1. The fourth-order valence-electron chi connectivity index (χ4n) is 2.21. The normalized spacial score (nSPS) is 19.3. The van der Waals surface area contributed by atoms with E-state index in [1.54, 1.807) is 12.1 Å². The molecule has 1 aliphatic heterocycles. The first-order valence-electron chi connectivity index (χ1n) is 6.42. The highest BCUT2D eigenvalue weighted by Crippen LogP contribution is 2.25. The second-order valence-corrected chi connectivity index (χ2v) is 6.49. The van der Waals surface area contributed by atoms with E-state index in [0.717, 1.165) is 6.54 Å². The smallest absolute Gasteiger partial charge is 0.273 e. The van der Waals surface area contributed by atoms with E-state index in [-0.39, 0.29) is 10.6 Å². The number of benzene rings is 1. The van der Waals surface area contributed by atoms with E-state index in [9.17, 15) is 10.1 Å². The van der Waals surface area contributed by atoms with Crippen LogP contribution in [0.4, 0.5) is 5.69 Å². The zero-order chi connectivity index (χ0) is 13.7.